The monoisotopic (exact) mass is 249 g/mol. The van der Waals surface area contributed by atoms with Gasteiger partial charge in [-0.25, -0.2) is 4.85 Å². The van der Waals surface area contributed by atoms with E-state index >= 15 is 0 Å². The van der Waals surface area contributed by atoms with E-state index in [1.54, 1.807) is 0 Å². The second-order valence-corrected chi connectivity index (χ2v) is 6.09. The van der Waals surface area contributed by atoms with E-state index in [9.17, 15) is 0 Å². The van der Waals surface area contributed by atoms with Crippen molar-refractivity contribution in [2.75, 3.05) is 0 Å². The van der Waals surface area contributed by atoms with Crippen LogP contribution in [0, 0.1) is 12.0 Å². The number of nitrogens with zero attached hydrogens (tertiary/aromatic N) is 1. The summed E-state index contributed by atoms with van der Waals surface area (Å²) in [4.78, 5) is 3.41. The van der Waals surface area contributed by atoms with Gasteiger partial charge in [0, 0.05) is 0 Å². The van der Waals surface area contributed by atoms with E-state index in [0.717, 1.165) is 12.0 Å². The van der Waals surface area contributed by atoms with Gasteiger partial charge in [-0.05, 0) is 28.5 Å². The molecule has 1 heteroatoms. The van der Waals surface area contributed by atoms with Crippen LogP contribution in [0.2, 0.25) is 0 Å². The molecule has 0 aromatic heterocycles. The molecule has 0 N–H and O–H groups in total. The third-order valence-corrected chi connectivity index (χ3v) is 3.02. The molecule has 0 spiro atoms. The average Bonchev–Trinajstić information content (AvgIpc) is 2.38. The molecular weight excluding hydrogens is 230 g/mol. The molecule has 19 heavy (non-hydrogen) atoms. The van der Waals surface area contributed by atoms with Crippen LogP contribution in [-0.4, -0.2) is 0 Å². The fraction of sp³-hybridized carbons (Fsp3) is 0.278. The predicted octanol–water partition coefficient (Wildman–Crippen LogP) is 5.49. The first-order chi connectivity index (χ1) is 8.98. The zero-order valence-corrected chi connectivity index (χ0v) is 11.8. The highest BCUT2D eigenvalue weighted by Gasteiger charge is 2.10. The van der Waals surface area contributed by atoms with Crippen LogP contribution in [0.3, 0.4) is 0 Å². The summed E-state index contributed by atoms with van der Waals surface area (Å²) in [5, 5.41) is 0. The summed E-state index contributed by atoms with van der Waals surface area (Å²) in [6, 6.07) is 16.5. The summed E-state index contributed by atoms with van der Waals surface area (Å²) in [6.07, 6.45) is 1.09. The molecule has 0 aliphatic carbocycles. The Morgan fingerprint density at radius 2 is 1.32 bits per heavy atom. The molecule has 0 unspecified atom stereocenters. The Kier molecular flexibility index (Phi) is 3.71. The van der Waals surface area contributed by atoms with Crippen LogP contribution in [0.1, 0.15) is 26.3 Å². The molecule has 0 atom stereocenters. The lowest BCUT2D eigenvalue weighted by Gasteiger charge is -2.18. The van der Waals surface area contributed by atoms with Crippen LogP contribution in [-0.2, 0) is 6.42 Å². The Morgan fingerprint density at radius 3 is 1.74 bits per heavy atom. The van der Waals surface area contributed by atoms with E-state index in [-0.39, 0.29) is 0 Å². The lowest BCUT2D eigenvalue weighted by Crippen LogP contribution is -2.08. The van der Waals surface area contributed by atoms with Gasteiger partial charge in [-0.3, -0.25) is 0 Å². The highest BCUT2D eigenvalue weighted by atomic mass is 14.6. The molecule has 2 rings (SSSR count). The molecule has 96 valence electrons. The van der Waals surface area contributed by atoms with Gasteiger partial charge in [0.1, 0.15) is 0 Å². The van der Waals surface area contributed by atoms with Crippen molar-refractivity contribution in [1.82, 2.24) is 0 Å². The largest absolute Gasteiger partial charge is 0.238 e. The van der Waals surface area contributed by atoms with Crippen molar-refractivity contribution in [1.29, 1.82) is 0 Å². The molecule has 0 saturated heterocycles. The van der Waals surface area contributed by atoms with Gasteiger partial charge < -0.3 is 0 Å². The molecule has 2 aromatic rings. The van der Waals surface area contributed by atoms with Crippen LogP contribution in [0.15, 0.2) is 48.5 Å². The third-order valence-electron chi connectivity index (χ3n) is 3.02. The SMILES string of the molecule is [C-]#[N+]c1ccc(-c2ccc(CC(C)(C)C)cc2)cc1. The average molecular weight is 249 g/mol. The van der Waals surface area contributed by atoms with Crippen molar-refractivity contribution in [2.24, 2.45) is 5.41 Å². The Bertz CT molecular complexity index is 578. The van der Waals surface area contributed by atoms with Crippen LogP contribution >= 0.6 is 0 Å². The Morgan fingerprint density at radius 1 is 0.842 bits per heavy atom. The quantitative estimate of drug-likeness (QED) is 0.620. The number of rotatable bonds is 2. The summed E-state index contributed by atoms with van der Waals surface area (Å²) >= 11 is 0. The van der Waals surface area contributed by atoms with Crippen molar-refractivity contribution in [3.8, 4) is 11.1 Å². The Balaban J connectivity index is 2.20. The van der Waals surface area contributed by atoms with E-state index in [1.165, 1.54) is 11.1 Å². The summed E-state index contributed by atoms with van der Waals surface area (Å²) in [5.41, 5.74) is 4.74. The van der Waals surface area contributed by atoms with Crippen molar-refractivity contribution in [3.63, 3.8) is 0 Å². The normalized spacial score (nSPS) is 11.1. The van der Waals surface area contributed by atoms with Gasteiger partial charge in [0.05, 0.1) is 6.57 Å². The van der Waals surface area contributed by atoms with Crippen molar-refractivity contribution < 1.29 is 0 Å². The second kappa shape index (κ2) is 5.28. The van der Waals surface area contributed by atoms with Gasteiger partial charge in [-0.15, -0.1) is 0 Å². The van der Waals surface area contributed by atoms with E-state index in [4.69, 9.17) is 6.57 Å². The first-order valence-corrected chi connectivity index (χ1v) is 6.55. The highest BCUT2D eigenvalue weighted by molar-refractivity contribution is 5.66. The van der Waals surface area contributed by atoms with Crippen molar-refractivity contribution >= 4 is 5.69 Å². The predicted molar refractivity (Wildman–Crippen MR) is 81.3 cm³/mol. The van der Waals surface area contributed by atoms with Gasteiger partial charge in [0.15, 0.2) is 5.69 Å². The number of hydrogen-bond acceptors (Lipinski definition) is 0. The maximum absolute atomic E-state index is 6.96. The minimum atomic E-state index is 0.318. The van der Waals surface area contributed by atoms with E-state index in [2.05, 4.69) is 49.9 Å². The lowest BCUT2D eigenvalue weighted by molar-refractivity contribution is 0.411. The Hall–Kier alpha value is -2.07. The fourth-order valence-corrected chi connectivity index (χ4v) is 2.16. The summed E-state index contributed by atoms with van der Waals surface area (Å²) in [6.45, 7) is 13.7. The van der Waals surface area contributed by atoms with Gasteiger partial charge in [-0.1, -0.05) is 69.3 Å². The maximum atomic E-state index is 6.96. The maximum Gasteiger partial charge on any atom is 0.187 e. The van der Waals surface area contributed by atoms with Crippen LogP contribution < -0.4 is 0 Å². The van der Waals surface area contributed by atoms with E-state index in [0.29, 0.717) is 11.1 Å². The molecule has 0 radical (unpaired) electrons. The topological polar surface area (TPSA) is 4.36 Å². The molecule has 0 heterocycles. The smallest absolute Gasteiger partial charge is 0.187 e. The third kappa shape index (κ3) is 3.69. The van der Waals surface area contributed by atoms with E-state index < -0.39 is 0 Å². The van der Waals surface area contributed by atoms with E-state index in [1.807, 2.05) is 24.3 Å². The highest BCUT2D eigenvalue weighted by Crippen LogP contribution is 2.25. The van der Waals surface area contributed by atoms with Crippen molar-refractivity contribution in [2.45, 2.75) is 27.2 Å². The summed E-state index contributed by atoms with van der Waals surface area (Å²) in [7, 11) is 0. The molecular formula is C18H19N. The van der Waals surface area contributed by atoms with Crippen LogP contribution in [0.5, 0.6) is 0 Å². The number of hydrogen-bond donors (Lipinski definition) is 0. The first-order valence-electron chi connectivity index (χ1n) is 6.55. The van der Waals surface area contributed by atoms with Crippen LogP contribution in [0.4, 0.5) is 5.69 Å². The van der Waals surface area contributed by atoms with Gasteiger partial charge >= 0.3 is 0 Å². The molecule has 2 aromatic carbocycles. The zero-order valence-electron chi connectivity index (χ0n) is 11.8. The molecule has 0 bridgehead atoms. The molecule has 0 aliphatic heterocycles. The first kappa shape index (κ1) is 13.4. The minimum Gasteiger partial charge on any atom is -0.238 e. The number of benzene rings is 2. The van der Waals surface area contributed by atoms with Crippen molar-refractivity contribution in [3.05, 3.63) is 65.5 Å². The standard InChI is InChI=1S/C18H19N/c1-18(2,3)13-14-5-7-15(8-6-14)16-9-11-17(19-4)12-10-16/h5-12H,13H2,1-3H3. The lowest BCUT2D eigenvalue weighted by atomic mass is 9.87. The Labute approximate surface area is 115 Å². The zero-order chi connectivity index (χ0) is 13.9. The molecule has 0 fully saturated rings. The summed E-state index contributed by atoms with van der Waals surface area (Å²) < 4.78 is 0. The fourth-order valence-electron chi connectivity index (χ4n) is 2.16. The van der Waals surface area contributed by atoms with Gasteiger partial charge in [0.2, 0.25) is 0 Å². The molecule has 0 aliphatic rings. The molecule has 0 amide bonds. The summed E-state index contributed by atoms with van der Waals surface area (Å²) in [5.74, 6) is 0. The van der Waals surface area contributed by atoms with Gasteiger partial charge in [0.25, 0.3) is 0 Å². The van der Waals surface area contributed by atoms with Crippen LogP contribution in [0.25, 0.3) is 16.0 Å². The molecule has 0 saturated carbocycles. The second-order valence-electron chi connectivity index (χ2n) is 6.09. The molecule has 1 nitrogen and oxygen atoms in total. The van der Waals surface area contributed by atoms with Gasteiger partial charge in [-0.2, -0.15) is 0 Å². The minimum absolute atomic E-state index is 0.318.